The molecule has 1 aliphatic heterocycles. The second-order valence-electron chi connectivity index (χ2n) is 21.8. The topological polar surface area (TPSA) is 72.7 Å². The van der Waals surface area contributed by atoms with E-state index < -0.39 is 44.7 Å². The van der Waals surface area contributed by atoms with Crippen molar-refractivity contribution in [2.24, 2.45) is 4.99 Å². The molecule has 0 saturated heterocycles. The van der Waals surface area contributed by atoms with Crippen LogP contribution in [0.4, 0.5) is 43.9 Å². The first-order valence-electron chi connectivity index (χ1n) is 29.0. The van der Waals surface area contributed by atoms with Crippen molar-refractivity contribution in [3.8, 4) is 56.9 Å². The smallest absolute Gasteiger partial charge is 0.490 e. The van der Waals surface area contributed by atoms with Gasteiger partial charge < -0.3 is 32.7 Å². The number of benzene rings is 7. The van der Waals surface area contributed by atoms with Gasteiger partial charge in [-0.25, -0.2) is 4.99 Å². The van der Waals surface area contributed by atoms with E-state index >= 15 is 17.6 Å². The molecule has 3 aliphatic rings. The van der Waals surface area contributed by atoms with Crippen molar-refractivity contribution >= 4 is 24.1 Å². The molecule has 0 unspecified atom stereocenters. The van der Waals surface area contributed by atoms with Gasteiger partial charge in [-0.1, -0.05) is 104 Å². The second kappa shape index (κ2) is 26.4. The number of nitrogens with zero attached hydrogens (tertiary/aromatic N) is 2. The highest BCUT2D eigenvalue weighted by Crippen LogP contribution is 2.48. The first-order chi connectivity index (χ1) is 42.4. The average molecular weight is 1210 g/mol. The van der Waals surface area contributed by atoms with Crippen molar-refractivity contribution in [2.45, 2.75) is 101 Å². The molecule has 11 rings (SSSR count). The first-order valence-corrected chi connectivity index (χ1v) is 29.0. The fourth-order valence-corrected chi connectivity index (χ4v) is 10.9. The monoisotopic (exact) mass is 1210 g/mol. The number of alkyl halides is 10. The third kappa shape index (κ3) is 14.4. The van der Waals surface area contributed by atoms with Gasteiger partial charge in [0, 0.05) is 28.0 Å². The van der Waals surface area contributed by atoms with E-state index in [1.165, 1.54) is 6.07 Å². The molecule has 88 heavy (non-hydrogen) atoms. The second-order valence-corrected chi connectivity index (χ2v) is 21.8. The Hall–Kier alpha value is -8.55. The van der Waals surface area contributed by atoms with Crippen molar-refractivity contribution in [1.82, 2.24) is 4.48 Å². The summed E-state index contributed by atoms with van der Waals surface area (Å²) < 4.78 is 184. The van der Waals surface area contributed by atoms with Crippen LogP contribution < -0.4 is 18.9 Å². The van der Waals surface area contributed by atoms with Crippen LogP contribution in [0.2, 0.25) is 0 Å². The molecule has 1 aromatic heterocycles. The number of para-hydroxylation sites is 2. The van der Waals surface area contributed by atoms with Crippen LogP contribution in [-0.4, -0.2) is 67.1 Å². The van der Waals surface area contributed by atoms with Gasteiger partial charge in [0.1, 0.15) is 47.7 Å². The maximum absolute atomic E-state index is 15.4. The number of allylic oxidation sites excluding steroid dienone is 2. The summed E-state index contributed by atoms with van der Waals surface area (Å²) in [6.45, 7) is -5.15. The van der Waals surface area contributed by atoms with Gasteiger partial charge in [0.15, 0.2) is 0 Å². The largest absolute Gasteiger partial charge is 0.598 e. The molecule has 454 valence electrons. The quantitative estimate of drug-likeness (QED) is 0.0527. The highest BCUT2D eigenvalue weighted by molar-refractivity contribution is 6.44. The summed E-state index contributed by atoms with van der Waals surface area (Å²) in [5.41, 5.74) is 2.86. The van der Waals surface area contributed by atoms with Gasteiger partial charge in [-0.05, 0) is 183 Å². The number of aliphatic imine (C=N–C) groups is 1. The zero-order chi connectivity index (χ0) is 61.5. The van der Waals surface area contributed by atoms with E-state index in [0.717, 1.165) is 68.7 Å². The van der Waals surface area contributed by atoms with Crippen molar-refractivity contribution < 1.29 is 72.2 Å². The predicted molar refractivity (Wildman–Crippen MR) is 318 cm³/mol. The number of aromatic nitrogens is 1. The van der Waals surface area contributed by atoms with E-state index in [4.69, 9.17) is 33.2 Å². The summed E-state index contributed by atoms with van der Waals surface area (Å²) in [6.07, 6.45) is -1.26. The molecule has 8 nitrogen and oxygen atoms in total. The van der Waals surface area contributed by atoms with Gasteiger partial charge >= 0.3 is 31.5 Å². The van der Waals surface area contributed by atoms with Crippen molar-refractivity contribution in [3.05, 3.63) is 228 Å². The van der Waals surface area contributed by atoms with Crippen LogP contribution in [0.1, 0.15) is 86.6 Å². The lowest BCUT2D eigenvalue weighted by atomic mass is 9.89. The number of halogens is 10. The Morgan fingerprint density at radius 3 is 1.30 bits per heavy atom. The molecule has 19 heteroatoms. The average Bonchev–Trinajstić information content (AvgIpc) is 1.68. The minimum absolute atomic E-state index is 0.0404. The molecule has 2 saturated carbocycles. The van der Waals surface area contributed by atoms with E-state index in [2.05, 4.69) is 0 Å². The molecule has 0 radical (unpaired) electrons. The van der Waals surface area contributed by atoms with Crippen LogP contribution in [0.15, 0.2) is 211 Å². The zero-order valence-corrected chi connectivity index (χ0v) is 47.4. The lowest BCUT2D eigenvalue weighted by molar-refractivity contribution is -0.295. The Morgan fingerprint density at radius 1 is 0.443 bits per heavy atom. The normalized spacial score (nSPS) is 16.0. The van der Waals surface area contributed by atoms with Crippen molar-refractivity contribution in [3.63, 3.8) is 0 Å². The van der Waals surface area contributed by atoms with Gasteiger partial charge in [0.2, 0.25) is 0 Å². The summed E-state index contributed by atoms with van der Waals surface area (Å²) in [7, 11) is -2.89. The predicted octanol–water partition coefficient (Wildman–Crippen LogP) is 19.4. The first kappa shape index (κ1) is 61.1. The molecule has 7 aromatic carbocycles. The lowest BCUT2D eigenvalue weighted by Crippen LogP contribution is -2.48. The fraction of sp³-hybridized carbons (Fsp3) is 0.261. The van der Waals surface area contributed by atoms with Crippen LogP contribution in [0, 0.1) is 0 Å². The number of hydrogen-bond acceptors (Lipinski definition) is 7. The molecule has 0 spiro atoms. The third-order valence-electron chi connectivity index (χ3n) is 15.5. The van der Waals surface area contributed by atoms with Crippen molar-refractivity contribution in [1.29, 1.82) is 0 Å². The van der Waals surface area contributed by atoms with Crippen LogP contribution in [0.3, 0.4) is 0 Å². The number of ether oxygens (including phenoxy) is 4. The molecule has 0 atom stereocenters. The summed E-state index contributed by atoms with van der Waals surface area (Å²) in [5.74, 6) is -8.46. The van der Waals surface area contributed by atoms with E-state index in [0.29, 0.717) is 68.0 Å². The molecule has 2 aliphatic carbocycles. The molecule has 0 amide bonds. The maximum atomic E-state index is 15.4. The van der Waals surface area contributed by atoms with E-state index in [-0.39, 0.29) is 46.0 Å². The molecule has 0 N–H and O–H groups in total. The van der Waals surface area contributed by atoms with Crippen LogP contribution in [-0.2, 0) is 9.31 Å². The fourth-order valence-electron chi connectivity index (χ4n) is 10.9. The Balaban J connectivity index is 1.18. The molecule has 2 heterocycles. The van der Waals surface area contributed by atoms with Crippen LogP contribution >= 0.6 is 0 Å². The Bertz CT molecular complexity index is 3690. The zero-order valence-electron chi connectivity index (χ0n) is 47.4. The highest BCUT2D eigenvalue weighted by atomic mass is 19.4. The van der Waals surface area contributed by atoms with E-state index in [1.807, 2.05) is 48.5 Å². The molecular formula is C69H59BF10N2O6. The number of hydrogen-bond donors (Lipinski definition) is 0. The minimum atomic E-state index is -6.27. The van der Waals surface area contributed by atoms with E-state index in [1.54, 1.807) is 146 Å². The van der Waals surface area contributed by atoms with Crippen molar-refractivity contribution in [2.75, 3.05) is 13.2 Å². The summed E-state index contributed by atoms with van der Waals surface area (Å²) >= 11 is 0. The van der Waals surface area contributed by atoms with Crippen LogP contribution in [0.25, 0.3) is 33.5 Å². The third-order valence-corrected chi connectivity index (χ3v) is 15.5. The highest BCUT2D eigenvalue weighted by Gasteiger charge is 2.60. The molecule has 8 aromatic rings. The number of rotatable bonds is 21. The standard InChI is InChI=1S/C69H59BF10N2O6/c71-66(72,68(75,76)77)44-83-70(84-45-67(73,74)69(78,79)80)82-62(49-32-40-58(41-33-49)88-54-24-14-5-15-25-54)43-60(47-28-36-56(37-29-47)86-52-20-10-3-11-21-52)65(82)63(50-16-6-1-7-17-50)64-59(46-26-34-55(35-27-46)85-51-18-8-2-9-19-51)42-61(81-64)48-30-38-57(39-31-48)87-53-22-12-4-13-23-53/h1-3,6-11,16-21,26-43,53-54H,4-5,12-15,22-25,44-45H2/b64-63-. The molecule has 2 fully saturated rings. The lowest BCUT2D eigenvalue weighted by Gasteiger charge is -2.28. The molecule has 0 bridgehead atoms. The maximum Gasteiger partial charge on any atom is 0.598 e. The van der Waals surface area contributed by atoms with Crippen LogP contribution in [0.5, 0.6) is 34.5 Å². The summed E-state index contributed by atoms with van der Waals surface area (Å²) in [4.78, 5) is 5.35. The van der Waals surface area contributed by atoms with Gasteiger partial charge in [-0.15, -0.1) is 0 Å². The van der Waals surface area contributed by atoms with E-state index in [9.17, 15) is 26.3 Å². The molecular weight excluding hydrogens is 1150 g/mol. The minimum Gasteiger partial charge on any atom is -0.490 e. The van der Waals surface area contributed by atoms with Gasteiger partial charge in [-0.3, -0.25) is 0 Å². The Labute approximate surface area is 502 Å². The van der Waals surface area contributed by atoms with Gasteiger partial charge in [0.25, 0.3) is 0 Å². The Morgan fingerprint density at radius 2 is 0.841 bits per heavy atom. The summed E-state index contributed by atoms with van der Waals surface area (Å²) in [6, 6.07) is 54.9. The summed E-state index contributed by atoms with van der Waals surface area (Å²) in [5, 5.41) is 0. The SMILES string of the molecule is FC(F)(F)C(F)(F)COB(OCC(F)(F)C(F)(F)F)n1c(-c2ccc(OC3CCCCC3)cc2)cc(-c2ccc(Oc3ccccc3)cc2)c1/C(=C1\N=C(c2ccc(OC3CCCCC3)cc2)C=C1c1ccc(Oc2ccccc2)cc1)c1ccccc1. The van der Waals surface area contributed by atoms with Gasteiger partial charge in [0.05, 0.1) is 29.3 Å². The van der Waals surface area contributed by atoms with Gasteiger partial charge in [-0.2, -0.15) is 43.9 Å². The Kier molecular flexibility index (Phi) is 18.4.